The molecule has 0 aliphatic carbocycles. The Labute approximate surface area is 169 Å². The molecule has 3 heterocycles. The zero-order valence-corrected chi connectivity index (χ0v) is 15.9. The highest BCUT2D eigenvalue weighted by Gasteiger charge is 2.21. The number of amides is 1. The van der Waals surface area contributed by atoms with E-state index in [0.29, 0.717) is 12.1 Å². The van der Waals surface area contributed by atoms with Gasteiger partial charge in [-0.15, -0.1) is 0 Å². The second kappa shape index (κ2) is 7.36. The third-order valence-corrected chi connectivity index (χ3v) is 5.39. The topological polar surface area (TPSA) is 51.0 Å². The standard InChI is InChI=1S/C24H20N4O/c29-24(27-14-11-18-3-1-2-4-21(18)16-27)20-5-7-23(8-6-20)28-17-22(15-26-28)19-9-12-25-13-10-19/h1-10,12-13,15,17H,11,14,16H2. The third kappa shape index (κ3) is 3.43. The average Bonchev–Trinajstić information content (AvgIpc) is 3.29. The van der Waals surface area contributed by atoms with Crippen LogP contribution in [0.3, 0.4) is 0 Å². The van der Waals surface area contributed by atoms with Crippen LogP contribution in [0.5, 0.6) is 0 Å². The average molecular weight is 380 g/mol. The van der Waals surface area contributed by atoms with Crippen molar-refractivity contribution in [3.63, 3.8) is 0 Å². The monoisotopic (exact) mass is 380 g/mol. The molecule has 29 heavy (non-hydrogen) atoms. The first-order valence-electron chi connectivity index (χ1n) is 9.69. The highest BCUT2D eigenvalue weighted by molar-refractivity contribution is 5.94. The summed E-state index contributed by atoms with van der Waals surface area (Å²) in [6.07, 6.45) is 8.26. The molecular weight excluding hydrogens is 360 g/mol. The second-order valence-electron chi connectivity index (χ2n) is 7.20. The molecule has 0 atom stereocenters. The molecule has 0 radical (unpaired) electrons. The van der Waals surface area contributed by atoms with Crippen LogP contribution in [0.25, 0.3) is 16.8 Å². The number of carbonyl (C=O) groups excluding carboxylic acids is 1. The highest BCUT2D eigenvalue weighted by atomic mass is 16.2. The number of fused-ring (bicyclic) bond motifs is 1. The molecule has 0 saturated heterocycles. The third-order valence-electron chi connectivity index (χ3n) is 5.39. The van der Waals surface area contributed by atoms with Crippen molar-refractivity contribution in [2.75, 3.05) is 6.54 Å². The van der Waals surface area contributed by atoms with Gasteiger partial charge in [0, 0.05) is 42.8 Å². The van der Waals surface area contributed by atoms with Crippen molar-refractivity contribution < 1.29 is 4.79 Å². The molecule has 0 spiro atoms. The lowest BCUT2D eigenvalue weighted by Crippen LogP contribution is -2.35. The number of hydrogen-bond acceptors (Lipinski definition) is 3. The molecule has 0 unspecified atom stereocenters. The fourth-order valence-electron chi connectivity index (χ4n) is 3.77. The molecule has 1 amide bonds. The van der Waals surface area contributed by atoms with E-state index in [9.17, 15) is 4.79 Å². The van der Waals surface area contributed by atoms with Crippen LogP contribution < -0.4 is 0 Å². The number of carbonyl (C=O) groups is 1. The molecule has 1 aliphatic rings. The largest absolute Gasteiger partial charge is 0.334 e. The van der Waals surface area contributed by atoms with E-state index in [0.717, 1.165) is 29.8 Å². The Hall–Kier alpha value is -3.73. The molecule has 142 valence electrons. The minimum absolute atomic E-state index is 0.0731. The molecule has 4 aromatic rings. The van der Waals surface area contributed by atoms with Crippen molar-refractivity contribution in [1.29, 1.82) is 0 Å². The Kier molecular flexibility index (Phi) is 4.41. The fourth-order valence-corrected chi connectivity index (χ4v) is 3.77. The number of nitrogens with zero attached hydrogens (tertiary/aromatic N) is 4. The fraction of sp³-hybridized carbons (Fsp3) is 0.125. The van der Waals surface area contributed by atoms with E-state index in [2.05, 4.69) is 28.3 Å². The van der Waals surface area contributed by atoms with Gasteiger partial charge < -0.3 is 4.90 Å². The number of pyridine rings is 1. The number of rotatable bonds is 3. The molecule has 0 bridgehead atoms. The molecule has 5 heteroatoms. The summed E-state index contributed by atoms with van der Waals surface area (Å²) in [6, 6.07) is 19.9. The maximum absolute atomic E-state index is 12.9. The first kappa shape index (κ1) is 17.4. The van der Waals surface area contributed by atoms with Gasteiger partial charge in [-0.05, 0) is 59.5 Å². The molecule has 5 nitrogen and oxygen atoms in total. The lowest BCUT2D eigenvalue weighted by Gasteiger charge is -2.29. The summed E-state index contributed by atoms with van der Waals surface area (Å²) in [5.74, 6) is 0.0731. The van der Waals surface area contributed by atoms with Crippen LogP contribution in [0.2, 0.25) is 0 Å². The number of aromatic nitrogens is 3. The number of hydrogen-bond donors (Lipinski definition) is 0. The van der Waals surface area contributed by atoms with E-state index in [-0.39, 0.29) is 5.91 Å². The normalized spacial score (nSPS) is 13.2. The predicted molar refractivity (Wildman–Crippen MR) is 112 cm³/mol. The SMILES string of the molecule is O=C(c1ccc(-n2cc(-c3ccncc3)cn2)cc1)N1CCc2ccccc2C1. The zero-order valence-electron chi connectivity index (χ0n) is 15.9. The molecule has 2 aromatic carbocycles. The van der Waals surface area contributed by atoms with E-state index >= 15 is 0 Å². The predicted octanol–water partition coefficient (Wildman–Crippen LogP) is 4.13. The molecule has 0 N–H and O–H groups in total. The van der Waals surface area contributed by atoms with E-state index in [1.54, 1.807) is 12.4 Å². The van der Waals surface area contributed by atoms with E-state index in [4.69, 9.17) is 0 Å². The maximum atomic E-state index is 12.9. The van der Waals surface area contributed by atoms with Crippen LogP contribution in [0.4, 0.5) is 0 Å². The van der Waals surface area contributed by atoms with Gasteiger partial charge in [0.1, 0.15) is 0 Å². The van der Waals surface area contributed by atoms with Gasteiger partial charge in [0.15, 0.2) is 0 Å². The smallest absolute Gasteiger partial charge is 0.254 e. The van der Waals surface area contributed by atoms with Gasteiger partial charge in [-0.1, -0.05) is 24.3 Å². The molecule has 2 aromatic heterocycles. The van der Waals surface area contributed by atoms with Crippen molar-refractivity contribution in [3.05, 3.63) is 102 Å². The van der Waals surface area contributed by atoms with Crippen LogP contribution in [0.1, 0.15) is 21.5 Å². The van der Waals surface area contributed by atoms with Crippen LogP contribution in [0.15, 0.2) is 85.5 Å². The van der Waals surface area contributed by atoms with Gasteiger partial charge in [-0.2, -0.15) is 5.10 Å². The van der Waals surface area contributed by atoms with Gasteiger partial charge >= 0.3 is 0 Å². The van der Waals surface area contributed by atoms with E-state index in [1.165, 1.54) is 11.1 Å². The van der Waals surface area contributed by atoms with E-state index in [1.807, 2.05) is 64.4 Å². The van der Waals surface area contributed by atoms with Gasteiger partial charge in [0.25, 0.3) is 5.91 Å². The molecule has 0 fully saturated rings. The summed E-state index contributed by atoms with van der Waals surface area (Å²) in [4.78, 5) is 18.9. The Morgan fingerprint density at radius 2 is 1.62 bits per heavy atom. The Bertz CT molecular complexity index is 1150. The van der Waals surface area contributed by atoms with Gasteiger partial charge in [-0.25, -0.2) is 4.68 Å². The Balaban J connectivity index is 1.33. The quantitative estimate of drug-likeness (QED) is 0.537. The molecule has 5 rings (SSSR count). The number of benzene rings is 2. The summed E-state index contributed by atoms with van der Waals surface area (Å²) in [5.41, 5.74) is 6.31. The van der Waals surface area contributed by atoms with Crippen LogP contribution in [0, 0.1) is 0 Å². The van der Waals surface area contributed by atoms with Gasteiger partial charge in [0.2, 0.25) is 0 Å². The zero-order chi connectivity index (χ0) is 19.6. The summed E-state index contributed by atoms with van der Waals surface area (Å²) in [7, 11) is 0. The van der Waals surface area contributed by atoms with Crippen molar-refractivity contribution in [2.24, 2.45) is 0 Å². The second-order valence-corrected chi connectivity index (χ2v) is 7.20. The first-order valence-corrected chi connectivity index (χ1v) is 9.69. The lowest BCUT2D eigenvalue weighted by atomic mass is 9.99. The van der Waals surface area contributed by atoms with Gasteiger partial charge in [0.05, 0.1) is 11.9 Å². The van der Waals surface area contributed by atoms with Gasteiger partial charge in [-0.3, -0.25) is 9.78 Å². The molecule has 0 saturated carbocycles. The minimum Gasteiger partial charge on any atom is -0.334 e. The molecular formula is C24H20N4O. The molecule has 1 aliphatic heterocycles. The van der Waals surface area contributed by atoms with Crippen molar-refractivity contribution >= 4 is 5.91 Å². The first-order chi connectivity index (χ1) is 14.3. The van der Waals surface area contributed by atoms with Crippen molar-refractivity contribution in [3.8, 4) is 16.8 Å². The van der Waals surface area contributed by atoms with Crippen LogP contribution >= 0.6 is 0 Å². The lowest BCUT2D eigenvalue weighted by molar-refractivity contribution is 0.0734. The summed E-state index contributed by atoms with van der Waals surface area (Å²) in [6.45, 7) is 1.43. The van der Waals surface area contributed by atoms with Crippen LogP contribution in [-0.2, 0) is 13.0 Å². The Morgan fingerprint density at radius 3 is 2.41 bits per heavy atom. The Morgan fingerprint density at radius 1 is 0.862 bits per heavy atom. The minimum atomic E-state index is 0.0731. The highest BCUT2D eigenvalue weighted by Crippen LogP contribution is 2.22. The summed E-state index contributed by atoms with van der Waals surface area (Å²) >= 11 is 0. The van der Waals surface area contributed by atoms with Crippen molar-refractivity contribution in [2.45, 2.75) is 13.0 Å². The van der Waals surface area contributed by atoms with Crippen molar-refractivity contribution in [1.82, 2.24) is 19.7 Å². The summed E-state index contributed by atoms with van der Waals surface area (Å²) < 4.78 is 1.82. The van der Waals surface area contributed by atoms with Crippen LogP contribution in [-0.4, -0.2) is 32.1 Å². The summed E-state index contributed by atoms with van der Waals surface area (Å²) in [5, 5.41) is 4.45. The van der Waals surface area contributed by atoms with E-state index < -0.39 is 0 Å². The maximum Gasteiger partial charge on any atom is 0.254 e.